The lowest BCUT2D eigenvalue weighted by atomic mass is 10.0. The summed E-state index contributed by atoms with van der Waals surface area (Å²) in [5.74, 6) is 0.683. The van der Waals surface area contributed by atoms with Crippen LogP contribution in [0.1, 0.15) is 25.8 Å². The lowest BCUT2D eigenvalue weighted by molar-refractivity contribution is 0.158. The minimum atomic E-state index is 0.628. The maximum Gasteiger partial charge on any atom is 0.0406 e. The van der Waals surface area contributed by atoms with E-state index < -0.39 is 0 Å². The molecular weight excluding hydrogens is 244 g/mol. The van der Waals surface area contributed by atoms with Gasteiger partial charge in [-0.15, -0.1) is 0 Å². The summed E-state index contributed by atoms with van der Waals surface area (Å²) < 4.78 is 0. The van der Waals surface area contributed by atoms with Gasteiger partial charge in [0.2, 0.25) is 0 Å². The summed E-state index contributed by atoms with van der Waals surface area (Å²) in [6.45, 7) is 9.07. The van der Waals surface area contributed by atoms with Crippen LogP contribution in [0, 0.1) is 5.92 Å². The monoisotopic (exact) mass is 266 g/mol. The molecular formula is C15H23ClN2. The summed E-state index contributed by atoms with van der Waals surface area (Å²) in [5, 5.41) is 4.36. The molecule has 1 fully saturated rings. The Labute approximate surface area is 115 Å². The van der Waals surface area contributed by atoms with E-state index in [1.807, 2.05) is 12.1 Å². The highest BCUT2D eigenvalue weighted by Crippen LogP contribution is 2.18. The number of hydrogen-bond acceptors (Lipinski definition) is 2. The smallest absolute Gasteiger partial charge is 0.0406 e. The molecule has 1 unspecified atom stereocenters. The van der Waals surface area contributed by atoms with Crippen molar-refractivity contribution in [2.45, 2.75) is 32.9 Å². The molecule has 1 saturated heterocycles. The fourth-order valence-electron chi connectivity index (χ4n) is 2.63. The Kier molecular flexibility index (Phi) is 5.04. The van der Waals surface area contributed by atoms with E-state index in [1.165, 1.54) is 18.5 Å². The predicted octanol–water partition coefficient (Wildman–Crippen LogP) is 3.16. The molecule has 0 radical (unpaired) electrons. The van der Waals surface area contributed by atoms with Crippen LogP contribution in [0.3, 0.4) is 0 Å². The van der Waals surface area contributed by atoms with E-state index in [2.05, 4.69) is 36.2 Å². The van der Waals surface area contributed by atoms with Gasteiger partial charge in [-0.2, -0.15) is 0 Å². The summed E-state index contributed by atoms with van der Waals surface area (Å²) in [4.78, 5) is 2.61. The Hall–Kier alpha value is -0.570. The fourth-order valence-corrected chi connectivity index (χ4v) is 2.76. The van der Waals surface area contributed by atoms with Gasteiger partial charge in [-0.1, -0.05) is 37.6 Å². The Balaban J connectivity index is 2.06. The zero-order valence-electron chi connectivity index (χ0n) is 11.3. The second-order valence-electron chi connectivity index (χ2n) is 5.47. The molecule has 2 nitrogen and oxygen atoms in total. The number of nitrogens with one attached hydrogen (secondary N) is 1. The van der Waals surface area contributed by atoms with E-state index in [-0.39, 0.29) is 0 Å². The molecule has 1 aliphatic heterocycles. The minimum absolute atomic E-state index is 0.628. The zero-order chi connectivity index (χ0) is 13.0. The molecule has 0 spiro atoms. The summed E-state index contributed by atoms with van der Waals surface area (Å²) >= 11 is 5.94. The first kappa shape index (κ1) is 13.9. The normalized spacial score (nSPS) is 22.1. The molecule has 1 aromatic rings. The molecule has 1 aromatic carbocycles. The van der Waals surface area contributed by atoms with Crippen LogP contribution in [-0.2, 0) is 6.54 Å². The van der Waals surface area contributed by atoms with Crippen LogP contribution in [0.4, 0.5) is 0 Å². The highest BCUT2D eigenvalue weighted by molar-refractivity contribution is 6.30. The molecule has 1 aliphatic rings. The molecule has 0 amide bonds. The van der Waals surface area contributed by atoms with Crippen LogP contribution in [0.2, 0.25) is 5.02 Å². The molecule has 1 N–H and O–H groups in total. The summed E-state index contributed by atoms with van der Waals surface area (Å²) in [5.41, 5.74) is 1.35. The average Bonchev–Trinajstić information content (AvgIpc) is 2.57. The third kappa shape index (κ3) is 3.71. The highest BCUT2D eigenvalue weighted by Gasteiger charge is 2.23. The van der Waals surface area contributed by atoms with Gasteiger partial charge in [0.1, 0.15) is 0 Å². The van der Waals surface area contributed by atoms with Crippen molar-refractivity contribution in [1.82, 2.24) is 10.2 Å². The van der Waals surface area contributed by atoms with Crippen molar-refractivity contribution in [3.05, 3.63) is 34.9 Å². The lowest BCUT2D eigenvalue weighted by Gasteiger charge is -2.32. The zero-order valence-corrected chi connectivity index (χ0v) is 12.1. The van der Waals surface area contributed by atoms with Gasteiger partial charge in [0, 0.05) is 30.7 Å². The summed E-state index contributed by atoms with van der Waals surface area (Å²) in [6.07, 6.45) is 1.23. The van der Waals surface area contributed by atoms with Crippen LogP contribution < -0.4 is 5.32 Å². The molecule has 100 valence electrons. The predicted molar refractivity (Wildman–Crippen MR) is 78.0 cm³/mol. The fraction of sp³-hybridized carbons (Fsp3) is 0.600. The SMILES string of the molecule is CC(C)C1CNCCCN1Cc1ccc(Cl)cc1. The Morgan fingerprint density at radius 3 is 2.72 bits per heavy atom. The molecule has 0 bridgehead atoms. The van der Waals surface area contributed by atoms with E-state index >= 15 is 0 Å². The maximum absolute atomic E-state index is 5.94. The summed E-state index contributed by atoms with van der Waals surface area (Å²) in [6, 6.07) is 8.87. The Bertz CT molecular complexity index is 361. The topological polar surface area (TPSA) is 15.3 Å². The second kappa shape index (κ2) is 6.55. The molecule has 3 heteroatoms. The molecule has 18 heavy (non-hydrogen) atoms. The molecule has 2 rings (SSSR count). The van der Waals surface area contributed by atoms with Crippen LogP contribution in [-0.4, -0.2) is 30.6 Å². The van der Waals surface area contributed by atoms with E-state index in [1.54, 1.807) is 0 Å². The van der Waals surface area contributed by atoms with Gasteiger partial charge in [-0.3, -0.25) is 4.90 Å². The molecule has 0 saturated carbocycles. The first-order valence-electron chi connectivity index (χ1n) is 6.86. The number of hydrogen-bond donors (Lipinski definition) is 1. The van der Waals surface area contributed by atoms with Gasteiger partial charge < -0.3 is 5.32 Å². The largest absolute Gasteiger partial charge is 0.315 e. The van der Waals surface area contributed by atoms with Crippen molar-refractivity contribution in [3.63, 3.8) is 0 Å². The van der Waals surface area contributed by atoms with E-state index in [0.717, 1.165) is 24.7 Å². The Morgan fingerprint density at radius 1 is 1.33 bits per heavy atom. The van der Waals surface area contributed by atoms with Crippen molar-refractivity contribution >= 4 is 11.6 Å². The van der Waals surface area contributed by atoms with Gasteiger partial charge in [0.15, 0.2) is 0 Å². The summed E-state index contributed by atoms with van der Waals surface area (Å²) in [7, 11) is 0. The quantitative estimate of drug-likeness (QED) is 0.904. The number of nitrogens with zero attached hydrogens (tertiary/aromatic N) is 1. The first-order chi connectivity index (χ1) is 8.66. The average molecular weight is 267 g/mol. The van der Waals surface area contributed by atoms with Crippen molar-refractivity contribution in [2.75, 3.05) is 19.6 Å². The van der Waals surface area contributed by atoms with Gasteiger partial charge in [-0.05, 0) is 36.6 Å². The number of halogens is 1. The van der Waals surface area contributed by atoms with Crippen molar-refractivity contribution in [2.24, 2.45) is 5.92 Å². The van der Waals surface area contributed by atoms with Gasteiger partial charge in [-0.25, -0.2) is 0 Å². The third-order valence-corrected chi connectivity index (χ3v) is 3.94. The molecule has 1 heterocycles. The van der Waals surface area contributed by atoms with Gasteiger partial charge in [0.25, 0.3) is 0 Å². The van der Waals surface area contributed by atoms with E-state index in [0.29, 0.717) is 12.0 Å². The Morgan fingerprint density at radius 2 is 2.06 bits per heavy atom. The third-order valence-electron chi connectivity index (χ3n) is 3.69. The van der Waals surface area contributed by atoms with E-state index in [9.17, 15) is 0 Å². The van der Waals surface area contributed by atoms with Gasteiger partial charge in [0.05, 0.1) is 0 Å². The highest BCUT2D eigenvalue weighted by atomic mass is 35.5. The van der Waals surface area contributed by atoms with Crippen molar-refractivity contribution in [3.8, 4) is 0 Å². The first-order valence-corrected chi connectivity index (χ1v) is 7.24. The van der Waals surface area contributed by atoms with Crippen LogP contribution in [0.15, 0.2) is 24.3 Å². The number of benzene rings is 1. The minimum Gasteiger partial charge on any atom is -0.315 e. The van der Waals surface area contributed by atoms with Crippen LogP contribution >= 0.6 is 11.6 Å². The lowest BCUT2D eigenvalue weighted by Crippen LogP contribution is -2.42. The van der Waals surface area contributed by atoms with Gasteiger partial charge >= 0.3 is 0 Å². The van der Waals surface area contributed by atoms with Crippen molar-refractivity contribution in [1.29, 1.82) is 0 Å². The molecule has 0 aromatic heterocycles. The van der Waals surface area contributed by atoms with E-state index in [4.69, 9.17) is 11.6 Å². The van der Waals surface area contributed by atoms with Crippen molar-refractivity contribution < 1.29 is 0 Å². The second-order valence-corrected chi connectivity index (χ2v) is 5.90. The molecule has 0 aliphatic carbocycles. The number of rotatable bonds is 3. The molecule has 1 atom stereocenters. The van der Waals surface area contributed by atoms with Crippen LogP contribution in [0.5, 0.6) is 0 Å². The standard InChI is InChI=1S/C15H23ClN2/c1-12(2)15-10-17-8-3-9-18(15)11-13-4-6-14(16)7-5-13/h4-7,12,15,17H,3,8-11H2,1-2H3. The maximum atomic E-state index is 5.94. The van der Waals surface area contributed by atoms with Crippen LogP contribution in [0.25, 0.3) is 0 Å².